The van der Waals surface area contributed by atoms with Crippen LogP contribution in [-0.4, -0.2) is 51.1 Å². The largest absolute Gasteiger partial charge is 0.507 e. The third-order valence-electron chi connectivity index (χ3n) is 5.42. The summed E-state index contributed by atoms with van der Waals surface area (Å²) in [5.74, 6) is -1.61. The molecule has 1 aliphatic rings. The van der Waals surface area contributed by atoms with Crippen LogP contribution in [0.3, 0.4) is 0 Å². The van der Waals surface area contributed by atoms with Crippen molar-refractivity contribution in [3.8, 4) is 22.8 Å². The summed E-state index contributed by atoms with van der Waals surface area (Å²) in [4.78, 5) is 33.4. The van der Waals surface area contributed by atoms with Gasteiger partial charge in [-0.1, -0.05) is 23.7 Å². The zero-order valence-electron chi connectivity index (χ0n) is 17.6. The molecule has 0 bridgehead atoms. The molecule has 1 aliphatic heterocycles. The minimum atomic E-state index is -4.92. The number of fused-ring (bicyclic) bond motifs is 1. The van der Waals surface area contributed by atoms with Crippen LogP contribution in [0.15, 0.2) is 45.6 Å². The molecule has 4 rings (SSSR count). The topological polar surface area (TPSA) is 141 Å². The van der Waals surface area contributed by atoms with Gasteiger partial charge in [-0.2, -0.15) is 0 Å². The number of piperidine rings is 1. The Kier molecular flexibility index (Phi) is 5.71. The molecule has 0 aliphatic carbocycles. The Morgan fingerprint density at radius 1 is 1.25 bits per heavy atom. The van der Waals surface area contributed by atoms with Crippen molar-refractivity contribution in [1.82, 2.24) is 4.90 Å². The van der Waals surface area contributed by atoms with Crippen molar-refractivity contribution in [2.24, 2.45) is 0 Å². The predicted octanol–water partition coefficient (Wildman–Crippen LogP) is 3.42. The molecule has 0 saturated carbocycles. The van der Waals surface area contributed by atoms with E-state index in [-0.39, 0.29) is 42.3 Å². The number of nitrogens with zero attached hydrogens (tertiary/aromatic N) is 1. The van der Waals surface area contributed by atoms with E-state index in [4.69, 9.17) is 21.9 Å². The third-order valence-corrected chi connectivity index (χ3v) is 6.30. The zero-order valence-corrected chi connectivity index (χ0v) is 18.3. The van der Waals surface area contributed by atoms with Gasteiger partial charge >= 0.3 is 7.82 Å². The first kappa shape index (κ1) is 21.5. The first-order chi connectivity index (χ1) is 15.6. The van der Waals surface area contributed by atoms with Crippen LogP contribution in [0.5, 0.6) is 11.5 Å². The Bertz CT molecular complexity index is 1310. The molecule has 1 aromatic heterocycles. The number of hydrogen-bond donors (Lipinski definition) is 4. The van der Waals surface area contributed by atoms with Gasteiger partial charge in [-0.25, -0.2) is 4.57 Å². The number of phosphoric acid groups is 1. The van der Waals surface area contributed by atoms with Gasteiger partial charge in [-0.05, 0) is 32.1 Å². The maximum absolute atomic E-state index is 12.9. The van der Waals surface area contributed by atoms with Crippen LogP contribution in [0.4, 0.5) is 0 Å². The molecule has 2 aromatic carbocycles. The van der Waals surface area contributed by atoms with E-state index in [1.807, 2.05) is 0 Å². The van der Waals surface area contributed by atoms with Crippen LogP contribution in [0, 0.1) is 0 Å². The number of rotatable bonds is 4. The Morgan fingerprint density at radius 2 is 2.00 bits per heavy atom. The number of likely N-dealkylation sites (tertiary alicyclic amines) is 1. The molecule has 2 heterocycles. The molecular weight excluding hydrogens is 461 g/mol. The van der Waals surface area contributed by atoms with Crippen LogP contribution < -0.4 is 5.43 Å². The smallest absolute Gasteiger partial charge is 0.469 e. The highest BCUT2D eigenvalue weighted by Crippen LogP contribution is 2.47. The van der Waals surface area contributed by atoms with Crippen molar-refractivity contribution in [1.29, 1.82) is 0 Å². The molecular formula is C21H21ClNO8P. The van der Waals surface area contributed by atoms with E-state index in [1.54, 1.807) is 29.2 Å². The summed E-state index contributed by atoms with van der Waals surface area (Å²) in [6.45, 7) is 0.390. The maximum Gasteiger partial charge on any atom is 0.469 e. The monoisotopic (exact) mass is 482 g/mol. The summed E-state index contributed by atoms with van der Waals surface area (Å²) < 4.78 is 30.2. The molecule has 3 aromatic rings. The van der Waals surface area contributed by atoms with Gasteiger partial charge in [0.15, 0.2) is 5.43 Å². The van der Waals surface area contributed by atoms with E-state index in [0.29, 0.717) is 17.1 Å². The van der Waals surface area contributed by atoms with Crippen molar-refractivity contribution in [2.75, 3.05) is 20.1 Å². The number of aromatic hydroxyl groups is 2. The van der Waals surface area contributed by atoms with Gasteiger partial charge in [0.25, 0.3) is 0 Å². The highest BCUT2D eigenvalue weighted by Gasteiger charge is 2.38. The number of phenolic OH excluding ortho intramolecular Hbond substituents is 2. The number of hydrogen-bond acceptors (Lipinski definition) is 7. The average Bonchev–Trinajstić information content (AvgIpc) is 2.73. The second kappa shape index (κ2) is 8.51. The normalized spacial score (nSPS) is 20.4. The van der Waals surface area contributed by atoms with Gasteiger partial charge in [0.05, 0.1) is 11.1 Å². The van der Waals surface area contributed by atoms with Gasteiger partial charge < -0.3 is 29.3 Å². The molecule has 0 spiro atoms. The molecule has 2 atom stereocenters. The third kappa shape index (κ3) is 4.41. The molecule has 4 N–H and O–H groups in total. The van der Waals surface area contributed by atoms with E-state index in [0.717, 1.165) is 6.07 Å². The Hall–Kier alpha value is -2.39. The minimum absolute atomic E-state index is 0.00945. The average molecular weight is 483 g/mol. The zero-order chi connectivity index (χ0) is 23.9. The predicted molar refractivity (Wildman–Crippen MR) is 118 cm³/mol. The van der Waals surface area contributed by atoms with E-state index in [1.165, 1.54) is 6.07 Å². The number of likely N-dealkylation sites (N-methyl/N-ethyl adjacent to an activating group) is 1. The Balaban J connectivity index is 1.95. The number of halogens is 1. The molecule has 32 heavy (non-hydrogen) atoms. The summed E-state index contributed by atoms with van der Waals surface area (Å²) in [5, 5.41) is 21.2. The highest BCUT2D eigenvalue weighted by molar-refractivity contribution is 7.46. The lowest BCUT2D eigenvalue weighted by molar-refractivity contribution is 0.0544. The molecule has 1 fully saturated rings. The fourth-order valence-corrected chi connectivity index (χ4v) is 4.86. The van der Waals surface area contributed by atoms with E-state index >= 15 is 0 Å². The minimum Gasteiger partial charge on any atom is -0.507 e. The second-order valence-electron chi connectivity index (χ2n) is 7.59. The number of phenols is 2. The lowest BCUT2D eigenvalue weighted by Gasteiger charge is -2.36. The fraction of sp³-hybridized carbons (Fsp3) is 0.286. The molecule has 2 unspecified atom stereocenters. The van der Waals surface area contributed by atoms with Crippen LogP contribution in [-0.2, 0) is 9.09 Å². The van der Waals surface area contributed by atoms with Gasteiger partial charge in [0, 0.05) is 37.1 Å². The van der Waals surface area contributed by atoms with E-state index in [2.05, 4.69) is 0 Å². The summed E-state index contributed by atoms with van der Waals surface area (Å²) in [5.41, 5.74) is -0.213. The molecule has 0 amide bonds. The lowest BCUT2D eigenvalue weighted by atomic mass is 9.85. The lowest BCUT2D eigenvalue weighted by Crippen LogP contribution is -2.41. The van der Waals surface area contributed by atoms with Crippen LogP contribution >= 0.6 is 19.4 Å². The first-order valence-electron chi connectivity index (χ1n) is 10.3. The van der Waals surface area contributed by atoms with Crippen LogP contribution in [0.1, 0.15) is 19.3 Å². The van der Waals surface area contributed by atoms with Gasteiger partial charge in [-0.3, -0.25) is 9.32 Å². The number of phosphoric ester groups is 1. The van der Waals surface area contributed by atoms with Crippen LogP contribution in [0.25, 0.3) is 22.3 Å². The fourth-order valence-electron chi connectivity index (χ4n) is 4.07. The molecule has 9 nitrogen and oxygen atoms in total. The van der Waals surface area contributed by atoms with Gasteiger partial charge in [0.2, 0.25) is 0 Å². The Labute approximate surface area is 189 Å². The van der Waals surface area contributed by atoms with Gasteiger partial charge in [0.1, 0.15) is 28.2 Å². The van der Waals surface area contributed by atoms with E-state index < -0.39 is 36.8 Å². The van der Waals surface area contributed by atoms with Crippen LogP contribution in [0.2, 0.25) is 5.02 Å². The molecule has 11 heteroatoms. The van der Waals surface area contributed by atoms with Crippen molar-refractivity contribution in [2.45, 2.75) is 18.4 Å². The molecule has 170 valence electrons. The maximum atomic E-state index is 12.9. The standard InChI is InChI=1S/C21H21ClNO8P/c1-23-7-6-12(18(10-23)31-32(27,28)29)19-14(24)8-15(25)20-16(26)9-17(30-21(19)20)11-4-2-3-5-13(11)22/h2-5,8-9,12,18,24-25H,6-7,10H2,1H3,(H2,27,28,29)/i1D. The summed E-state index contributed by atoms with van der Waals surface area (Å²) in [6, 6.07) is 8.83. The van der Waals surface area contributed by atoms with E-state index in [9.17, 15) is 29.4 Å². The van der Waals surface area contributed by atoms with Gasteiger partial charge in [-0.15, -0.1) is 0 Å². The summed E-state index contributed by atoms with van der Waals surface area (Å²) in [6.07, 6.45) is -0.866. The second-order valence-corrected chi connectivity index (χ2v) is 9.19. The van der Waals surface area contributed by atoms with Crippen molar-refractivity contribution in [3.63, 3.8) is 0 Å². The molecule has 1 saturated heterocycles. The highest BCUT2D eigenvalue weighted by atomic mass is 35.5. The Morgan fingerprint density at radius 3 is 2.69 bits per heavy atom. The quantitative estimate of drug-likeness (QED) is 0.411. The SMILES string of the molecule is [2H]CN1CCC(c2c(O)cc(O)c3c(=O)cc(-c4ccccc4Cl)oc23)C(OP(=O)(O)O)C1. The summed E-state index contributed by atoms with van der Waals surface area (Å²) in [7, 11) is -5.03. The van der Waals surface area contributed by atoms with Crippen molar-refractivity contribution in [3.05, 3.63) is 57.2 Å². The summed E-state index contributed by atoms with van der Waals surface area (Å²) >= 11 is 6.25. The first-order valence-corrected chi connectivity index (χ1v) is 11.5. The van der Waals surface area contributed by atoms with Crippen molar-refractivity contribution >= 4 is 30.4 Å². The van der Waals surface area contributed by atoms with Crippen molar-refractivity contribution < 1.29 is 34.9 Å². The molecule has 0 radical (unpaired) electrons. The number of benzene rings is 2.